The zero-order valence-corrected chi connectivity index (χ0v) is 14.6. The number of amides is 3. The molecule has 1 fully saturated rings. The Morgan fingerprint density at radius 3 is 2.31 bits per heavy atom. The predicted molar refractivity (Wildman–Crippen MR) is 98.4 cm³/mol. The third-order valence-electron chi connectivity index (χ3n) is 5.21. The normalized spacial score (nSPS) is 19.7. The molecule has 26 heavy (non-hydrogen) atoms. The van der Waals surface area contributed by atoms with Crippen LogP contribution in [-0.4, -0.2) is 35.2 Å². The van der Waals surface area contributed by atoms with Gasteiger partial charge in [0, 0.05) is 18.2 Å². The molecule has 2 heterocycles. The molecule has 0 aliphatic carbocycles. The lowest BCUT2D eigenvalue weighted by atomic mass is 10.0. The summed E-state index contributed by atoms with van der Waals surface area (Å²) in [5, 5.41) is 0. The Morgan fingerprint density at radius 2 is 1.65 bits per heavy atom. The SMILES string of the molecule is C[C@H]1CCCCN1C(=O)c1cccc(N2C(=O)c3ccccc3C2=O)c1. The average molecular weight is 348 g/mol. The first-order chi connectivity index (χ1) is 12.6. The van der Waals surface area contributed by atoms with E-state index in [1.807, 2.05) is 4.90 Å². The van der Waals surface area contributed by atoms with Gasteiger partial charge >= 0.3 is 0 Å². The van der Waals surface area contributed by atoms with Gasteiger partial charge in [0.1, 0.15) is 0 Å². The molecule has 5 nitrogen and oxygen atoms in total. The fourth-order valence-electron chi connectivity index (χ4n) is 3.77. The van der Waals surface area contributed by atoms with Crippen molar-refractivity contribution in [3.05, 3.63) is 65.2 Å². The molecule has 2 aromatic carbocycles. The van der Waals surface area contributed by atoms with Crippen molar-refractivity contribution in [1.82, 2.24) is 4.90 Å². The Bertz CT molecular complexity index is 871. The minimum atomic E-state index is -0.346. The third-order valence-corrected chi connectivity index (χ3v) is 5.21. The van der Waals surface area contributed by atoms with Gasteiger partial charge in [0.05, 0.1) is 16.8 Å². The Balaban J connectivity index is 1.66. The largest absolute Gasteiger partial charge is 0.336 e. The minimum absolute atomic E-state index is 0.0457. The van der Waals surface area contributed by atoms with Crippen molar-refractivity contribution in [1.29, 1.82) is 0 Å². The molecule has 5 heteroatoms. The number of benzene rings is 2. The number of carbonyl (C=O) groups is 3. The summed E-state index contributed by atoms with van der Waals surface area (Å²) in [6.07, 6.45) is 3.15. The topological polar surface area (TPSA) is 57.7 Å². The summed E-state index contributed by atoms with van der Waals surface area (Å²) in [6.45, 7) is 2.81. The van der Waals surface area contributed by atoms with Crippen LogP contribution in [0.2, 0.25) is 0 Å². The first kappa shape index (κ1) is 16.5. The summed E-state index contributed by atoms with van der Waals surface area (Å²) in [6, 6.07) is 13.8. The van der Waals surface area contributed by atoms with Crippen LogP contribution < -0.4 is 4.90 Å². The molecule has 132 valence electrons. The van der Waals surface area contributed by atoms with Crippen molar-refractivity contribution >= 4 is 23.4 Å². The Labute approximate surface area is 152 Å². The van der Waals surface area contributed by atoms with E-state index in [2.05, 4.69) is 6.92 Å². The number of nitrogens with zero attached hydrogens (tertiary/aromatic N) is 2. The van der Waals surface area contributed by atoms with Crippen LogP contribution in [0.1, 0.15) is 57.3 Å². The summed E-state index contributed by atoms with van der Waals surface area (Å²) in [5.41, 5.74) is 1.75. The highest BCUT2D eigenvalue weighted by Crippen LogP contribution is 2.29. The zero-order chi connectivity index (χ0) is 18.3. The number of imide groups is 1. The lowest BCUT2D eigenvalue weighted by molar-refractivity contribution is 0.0635. The molecule has 0 aromatic heterocycles. The monoisotopic (exact) mass is 348 g/mol. The van der Waals surface area contributed by atoms with Crippen molar-refractivity contribution in [2.75, 3.05) is 11.4 Å². The standard InChI is InChI=1S/C21H20N2O3/c1-14-7-4-5-12-22(14)19(24)15-8-6-9-16(13-15)23-20(25)17-10-2-3-11-18(17)21(23)26/h2-3,6,8-11,13-14H,4-5,7,12H2,1H3/t14-/m0/s1. The number of hydrogen-bond acceptors (Lipinski definition) is 3. The maximum absolute atomic E-state index is 12.9. The van der Waals surface area contributed by atoms with E-state index in [0.29, 0.717) is 22.4 Å². The van der Waals surface area contributed by atoms with Gasteiger partial charge in [-0.2, -0.15) is 0 Å². The summed E-state index contributed by atoms with van der Waals surface area (Å²) >= 11 is 0. The fraction of sp³-hybridized carbons (Fsp3) is 0.286. The predicted octanol–water partition coefficient (Wildman–Crippen LogP) is 3.50. The van der Waals surface area contributed by atoms with Crippen LogP contribution in [0.5, 0.6) is 0 Å². The van der Waals surface area contributed by atoms with Crippen molar-refractivity contribution in [2.45, 2.75) is 32.2 Å². The van der Waals surface area contributed by atoms with E-state index < -0.39 is 0 Å². The highest BCUT2D eigenvalue weighted by Gasteiger charge is 2.36. The molecule has 2 aromatic rings. The summed E-state index contributed by atoms with van der Waals surface area (Å²) < 4.78 is 0. The van der Waals surface area contributed by atoms with Gasteiger partial charge in [0.15, 0.2) is 0 Å². The summed E-state index contributed by atoms with van der Waals surface area (Å²) in [5.74, 6) is -0.737. The molecule has 0 N–H and O–H groups in total. The number of hydrogen-bond donors (Lipinski definition) is 0. The van der Waals surface area contributed by atoms with Gasteiger partial charge in [-0.1, -0.05) is 18.2 Å². The lowest BCUT2D eigenvalue weighted by Crippen LogP contribution is -2.42. The molecule has 0 bridgehead atoms. The Kier molecular flexibility index (Phi) is 4.07. The van der Waals surface area contributed by atoms with Crippen LogP contribution in [0.25, 0.3) is 0 Å². The number of anilines is 1. The zero-order valence-electron chi connectivity index (χ0n) is 14.6. The van der Waals surface area contributed by atoms with Crippen molar-refractivity contribution in [2.24, 2.45) is 0 Å². The molecule has 3 amide bonds. The average Bonchev–Trinajstić information content (AvgIpc) is 2.93. The maximum Gasteiger partial charge on any atom is 0.266 e. The third kappa shape index (κ3) is 2.60. The van der Waals surface area contributed by atoms with E-state index in [0.717, 1.165) is 30.7 Å². The second-order valence-corrected chi connectivity index (χ2v) is 6.88. The fourth-order valence-corrected chi connectivity index (χ4v) is 3.77. The molecule has 1 atom stereocenters. The van der Waals surface area contributed by atoms with Gasteiger partial charge in [-0.05, 0) is 56.5 Å². The van der Waals surface area contributed by atoms with Gasteiger partial charge in [-0.3, -0.25) is 14.4 Å². The molecule has 0 spiro atoms. The summed E-state index contributed by atoms with van der Waals surface area (Å²) in [7, 11) is 0. The van der Waals surface area contributed by atoms with Gasteiger partial charge in [0.2, 0.25) is 0 Å². The van der Waals surface area contributed by atoms with Crippen LogP contribution in [0.15, 0.2) is 48.5 Å². The molecule has 0 unspecified atom stereocenters. The van der Waals surface area contributed by atoms with E-state index in [4.69, 9.17) is 0 Å². The molecule has 4 rings (SSSR count). The van der Waals surface area contributed by atoms with Gasteiger partial charge in [0.25, 0.3) is 17.7 Å². The van der Waals surface area contributed by atoms with Crippen LogP contribution in [-0.2, 0) is 0 Å². The highest BCUT2D eigenvalue weighted by atomic mass is 16.2. The minimum Gasteiger partial charge on any atom is -0.336 e. The molecule has 2 aliphatic heterocycles. The van der Waals surface area contributed by atoms with Crippen LogP contribution in [0.4, 0.5) is 5.69 Å². The Hall–Kier alpha value is -2.95. The maximum atomic E-state index is 12.9. The van der Waals surface area contributed by atoms with Gasteiger partial charge in [-0.25, -0.2) is 4.90 Å². The molecule has 0 saturated carbocycles. The van der Waals surface area contributed by atoms with Crippen molar-refractivity contribution < 1.29 is 14.4 Å². The van der Waals surface area contributed by atoms with Crippen LogP contribution >= 0.6 is 0 Å². The van der Waals surface area contributed by atoms with Gasteiger partial charge < -0.3 is 4.90 Å². The highest BCUT2D eigenvalue weighted by molar-refractivity contribution is 6.34. The van der Waals surface area contributed by atoms with Gasteiger partial charge in [-0.15, -0.1) is 0 Å². The number of piperidine rings is 1. The number of rotatable bonds is 2. The number of carbonyl (C=O) groups excluding carboxylic acids is 3. The molecular formula is C21H20N2O3. The quantitative estimate of drug-likeness (QED) is 0.781. The van der Waals surface area contributed by atoms with Crippen LogP contribution in [0, 0.1) is 0 Å². The number of likely N-dealkylation sites (tertiary alicyclic amines) is 1. The molecule has 1 saturated heterocycles. The first-order valence-electron chi connectivity index (χ1n) is 8.97. The first-order valence-corrected chi connectivity index (χ1v) is 8.97. The second-order valence-electron chi connectivity index (χ2n) is 6.88. The van der Waals surface area contributed by atoms with Crippen molar-refractivity contribution in [3.8, 4) is 0 Å². The van der Waals surface area contributed by atoms with E-state index in [1.54, 1.807) is 48.5 Å². The van der Waals surface area contributed by atoms with E-state index in [1.165, 1.54) is 0 Å². The lowest BCUT2D eigenvalue weighted by Gasteiger charge is -2.33. The van der Waals surface area contributed by atoms with Crippen molar-refractivity contribution in [3.63, 3.8) is 0 Å². The second kappa shape index (κ2) is 6.41. The smallest absolute Gasteiger partial charge is 0.266 e. The van der Waals surface area contributed by atoms with E-state index >= 15 is 0 Å². The molecule has 2 aliphatic rings. The molecule has 0 radical (unpaired) electrons. The van der Waals surface area contributed by atoms with E-state index in [-0.39, 0.29) is 23.8 Å². The Morgan fingerprint density at radius 1 is 0.962 bits per heavy atom. The van der Waals surface area contributed by atoms with Crippen LogP contribution in [0.3, 0.4) is 0 Å². The van der Waals surface area contributed by atoms with E-state index in [9.17, 15) is 14.4 Å². The summed E-state index contributed by atoms with van der Waals surface area (Å²) in [4.78, 5) is 41.2. The number of fused-ring (bicyclic) bond motifs is 1. The molecular weight excluding hydrogens is 328 g/mol.